The van der Waals surface area contributed by atoms with Crippen LogP contribution >= 0.6 is 0 Å². The predicted octanol–water partition coefficient (Wildman–Crippen LogP) is 5.49. The molecule has 26 heavy (non-hydrogen) atoms. The fraction of sp³-hybridized carbons (Fsp3) is 0.500. The number of nitrogen functional groups attached to an aromatic ring is 1. The molecule has 3 atom stereocenters. The third-order valence-corrected chi connectivity index (χ3v) is 5.61. The SMILES string of the molecule is Cc1cc(-c2ncc(N)cc2C)ccc1OC[C@H]1C[C@@](C)(F)CCC1C. The molecule has 0 amide bonds. The van der Waals surface area contributed by atoms with Crippen molar-refractivity contribution in [2.75, 3.05) is 12.3 Å². The summed E-state index contributed by atoms with van der Waals surface area (Å²) in [5.41, 5.74) is 9.50. The number of rotatable bonds is 4. The molecule has 1 aromatic carbocycles. The van der Waals surface area contributed by atoms with Gasteiger partial charge in [0.05, 0.1) is 24.2 Å². The summed E-state index contributed by atoms with van der Waals surface area (Å²) in [6.45, 7) is 8.54. The third-order valence-electron chi connectivity index (χ3n) is 5.61. The highest BCUT2D eigenvalue weighted by Crippen LogP contribution is 2.39. The van der Waals surface area contributed by atoms with Gasteiger partial charge in [-0.25, -0.2) is 4.39 Å². The van der Waals surface area contributed by atoms with Gasteiger partial charge in [-0.2, -0.15) is 0 Å². The molecule has 0 radical (unpaired) electrons. The molecule has 1 heterocycles. The number of alkyl halides is 1. The van der Waals surface area contributed by atoms with Gasteiger partial charge in [0.1, 0.15) is 11.4 Å². The molecule has 4 heteroatoms. The molecule has 0 aliphatic heterocycles. The average Bonchev–Trinajstić information content (AvgIpc) is 2.56. The van der Waals surface area contributed by atoms with Crippen LogP contribution in [0.3, 0.4) is 0 Å². The summed E-state index contributed by atoms with van der Waals surface area (Å²) >= 11 is 0. The Morgan fingerprint density at radius 3 is 2.73 bits per heavy atom. The van der Waals surface area contributed by atoms with Crippen molar-refractivity contribution in [2.45, 2.75) is 52.6 Å². The van der Waals surface area contributed by atoms with Crippen LogP contribution in [0.25, 0.3) is 11.3 Å². The number of nitrogens with zero attached hydrogens (tertiary/aromatic N) is 1. The molecule has 0 bridgehead atoms. The van der Waals surface area contributed by atoms with Gasteiger partial charge >= 0.3 is 0 Å². The standard InChI is InChI=1S/C22H29FN2O/c1-14-7-8-22(4,23)11-18(14)13-26-20-6-5-17(9-15(20)2)21-16(3)10-19(24)12-25-21/h5-6,9-10,12,14,18H,7-8,11,13,24H2,1-4H3/t14?,18-,22+/m1/s1. The van der Waals surface area contributed by atoms with Gasteiger partial charge in [0, 0.05) is 5.56 Å². The second-order valence-corrected chi connectivity index (χ2v) is 8.12. The summed E-state index contributed by atoms with van der Waals surface area (Å²) in [7, 11) is 0. The van der Waals surface area contributed by atoms with Crippen LogP contribution in [0.4, 0.5) is 10.1 Å². The van der Waals surface area contributed by atoms with E-state index in [2.05, 4.69) is 18.0 Å². The smallest absolute Gasteiger partial charge is 0.122 e. The van der Waals surface area contributed by atoms with Crippen LogP contribution in [0, 0.1) is 25.7 Å². The van der Waals surface area contributed by atoms with Crippen molar-refractivity contribution >= 4 is 5.69 Å². The first-order chi connectivity index (χ1) is 12.2. The maximum absolute atomic E-state index is 14.3. The monoisotopic (exact) mass is 356 g/mol. The van der Waals surface area contributed by atoms with Gasteiger partial charge in [-0.3, -0.25) is 4.98 Å². The summed E-state index contributed by atoms with van der Waals surface area (Å²) in [5, 5.41) is 0. The van der Waals surface area contributed by atoms with E-state index in [1.165, 1.54) is 0 Å². The van der Waals surface area contributed by atoms with Crippen molar-refractivity contribution in [1.82, 2.24) is 4.98 Å². The van der Waals surface area contributed by atoms with Crippen molar-refractivity contribution in [2.24, 2.45) is 11.8 Å². The van der Waals surface area contributed by atoms with E-state index in [1.54, 1.807) is 13.1 Å². The Bertz CT molecular complexity index is 788. The quantitative estimate of drug-likeness (QED) is 0.788. The maximum atomic E-state index is 14.3. The van der Waals surface area contributed by atoms with Crippen LogP contribution in [0.1, 0.15) is 44.2 Å². The molecule has 1 aromatic heterocycles. The normalized spacial score (nSPS) is 25.9. The second kappa shape index (κ2) is 7.26. The number of aryl methyl sites for hydroxylation is 2. The minimum absolute atomic E-state index is 0.263. The number of ether oxygens (including phenoxy) is 1. The number of hydrogen-bond acceptors (Lipinski definition) is 3. The van der Waals surface area contributed by atoms with Crippen molar-refractivity contribution in [3.05, 3.63) is 41.6 Å². The number of anilines is 1. The summed E-state index contributed by atoms with van der Waals surface area (Å²) in [5.74, 6) is 1.62. The Hall–Kier alpha value is -2.10. The van der Waals surface area contributed by atoms with Crippen molar-refractivity contribution in [3.63, 3.8) is 0 Å². The summed E-state index contributed by atoms with van der Waals surface area (Å²) in [4.78, 5) is 4.46. The Morgan fingerprint density at radius 1 is 1.27 bits per heavy atom. The van der Waals surface area contributed by atoms with E-state index in [-0.39, 0.29) is 5.92 Å². The Kier molecular flexibility index (Phi) is 5.22. The fourth-order valence-electron chi connectivity index (χ4n) is 3.89. The molecule has 1 unspecified atom stereocenters. The lowest BCUT2D eigenvalue weighted by Crippen LogP contribution is -2.35. The average molecular weight is 356 g/mol. The summed E-state index contributed by atoms with van der Waals surface area (Å²) in [6.07, 6.45) is 3.85. The lowest BCUT2D eigenvalue weighted by molar-refractivity contribution is 0.0407. The Morgan fingerprint density at radius 2 is 2.04 bits per heavy atom. The molecular formula is C22H29FN2O. The van der Waals surface area contributed by atoms with Crippen LogP contribution in [0.2, 0.25) is 0 Å². The van der Waals surface area contributed by atoms with E-state index in [4.69, 9.17) is 10.5 Å². The van der Waals surface area contributed by atoms with Crippen LogP contribution in [-0.2, 0) is 0 Å². The van der Waals surface area contributed by atoms with Gasteiger partial charge in [0.2, 0.25) is 0 Å². The number of nitrogens with two attached hydrogens (primary N) is 1. The van der Waals surface area contributed by atoms with Crippen molar-refractivity contribution < 1.29 is 9.13 Å². The molecule has 1 saturated carbocycles. The molecule has 1 fully saturated rings. The minimum Gasteiger partial charge on any atom is -0.493 e. The van der Waals surface area contributed by atoms with Crippen molar-refractivity contribution in [1.29, 1.82) is 0 Å². The van der Waals surface area contributed by atoms with Gasteiger partial charge < -0.3 is 10.5 Å². The van der Waals surface area contributed by atoms with E-state index in [0.29, 0.717) is 31.1 Å². The number of halogens is 1. The fourth-order valence-corrected chi connectivity index (χ4v) is 3.89. The molecule has 0 spiro atoms. The minimum atomic E-state index is -1.06. The zero-order valence-corrected chi connectivity index (χ0v) is 16.2. The first-order valence-electron chi connectivity index (χ1n) is 9.40. The van der Waals surface area contributed by atoms with E-state index in [1.807, 2.05) is 32.0 Å². The largest absolute Gasteiger partial charge is 0.493 e. The molecule has 3 rings (SSSR count). The lowest BCUT2D eigenvalue weighted by Gasteiger charge is -2.36. The first-order valence-corrected chi connectivity index (χ1v) is 9.40. The highest BCUT2D eigenvalue weighted by molar-refractivity contribution is 5.66. The number of benzene rings is 1. The van der Waals surface area contributed by atoms with E-state index >= 15 is 0 Å². The lowest BCUT2D eigenvalue weighted by atomic mass is 9.74. The van der Waals surface area contributed by atoms with E-state index in [0.717, 1.165) is 34.6 Å². The third kappa shape index (κ3) is 4.17. The van der Waals surface area contributed by atoms with E-state index < -0.39 is 5.67 Å². The van der Waals surface area contributed by atoms with Gasteiger partial charge in [0.25, 0.3) is 0 Å². The van der Waals surface area contributed by atoms with Crippen LogP contribution in [0.5, 0.6) is 5.75 Å². The number of pyridine rings is 1. The highest BCUT2D eigenvalue weighted by Gasteiger charge is 2.36. The number of hydrogen-bond donors (Lipinski definition) is 1. The molecule has 140 valence electrons. The molecule has 2 aromatic rings. The van der Waals surface area contributed by atoms with Crippen molar-refractivity contribution in [3.8, 4) is 17.0 Å². The van der Waals surface area contributed by atoms with Gasteiger partial charge in [0.15, 0.2) is 0 Å². The molecular weight excluding hydrogens is 327 g/mol. The first kappa shape index (κ1) is 18.7. The maximum Gasteiger partial charge on any atom is 0.122 e. The Balaban J connectivity index is 1.72. The van der Waals surface area contributed by atoms with Gasteiger partial charge in [-0.05, 0) is 87.3 Å². The molecule has 2 N–H and O–H groups in total. The van der Waals surface area contributed by atoms with E-state index in [9.17, 15) is 4.39 Å². The molecule has 1 aliphatic carbocycles. The zero-order valence-electron chi connectivity index (χ0n) is 16.2. The zero-order chi connectivity index (χ0) is 18.9. The van der Waals surface area contributed by atoms with Crippen LogP contribution in [0.15, 0.2) is 30.5 Å². The molecule has 3 nitrogen and oxygen atoms in total. The van der Waals surface area contributed by atoms with Gasteiger partial charge in [-0.15, -0.1) is 0 Å². The predicted molar refractivity (Wildman–Crippen MR) is 105 cm³/mol. The molecule has 1 aliphatic rings. The van der Waals surface area contributed by atoms with Crippen LogP contribution < -0.4 is 10.5 Å². The van der Waals surface area contributed by atoms with Crippen LogP contribution in [-0.4, -0.2) is 17.3 Å². The highest BCUT2D eigenvalue weighted by atomic mass is 19.1. The Labute approximate surface area is 155 Å². The molecule has 0 saturated heterocycles. The topological polar surface area (TPSA) is 48.1 Å². The second-order valence-electron chi connectivity index (χ2n) is 8.12. The summed E-state index contributed by atoms with van der Waals surface area (Å²) < 4.78 is 20.4. The summed E-state index contributed by atoms with van der Waals surface area (Å²) in [6, 6.07) is 8.03. The van der Waals surface area contributed by atoms with Gasteiger partial charge in [-0.1, -0.05) is 6.92 Å². The number of aromatic nitrogens is 1.